The highest BCUT2D eigenvalue weighted by Crippen LogP contribution is 1.96. The van der Waals surface area contributed by atoms with Gasteiger partial charge >= 0.3 is 0 Å². The van der Waals surface area contributed by atoms with Crippen LogP contribution in [0.2, 0.25) is 0 Å². The fourth-order valence-electron chi connectivity index (χ4n) is 0.940. The predicted molar refractivity (Wildman–Crippen MR) is 47.8 cm³/mol. The van der Waals surface area contributed by atoms with Gasteiger partial charge in [-0.15, -0.1) is 0 Å². The van der Waals surface area contributed by atoms with Crippen LogP contribution in [-0.4, -0.2) is 32.8 Å². The molecule has 12 heavy (non-hydrogen) atoms. The van der Waals surface area contributed by atoms with E-state index < -0.39 is 0 Å². The maximum atomic E-state index is 10.6. The summed E-state index contributed by atoms with van der Waals surface area (Å²) in [6.07, 6.45) is 1.70. The largest absolute Gasteiger partial charge is 0.362 e. The summed E-state index contributed by atoms with van der Waals surface area (Å²) < 4.78 is 5.05. The summed E-state index contributed by atoms with van der Waals surface area (Å²) in [6, 6.07) is 0. The molecule has 0 aliphatic heterocycles. The molecule has 0 heterocycles. The SMILES string of the molecule is CNCCCC(NC(C)=O)OC. The topological polar surface area (TPSA) is 50.4 Å². The van der Waals surface area contributed by atoms with Crippen LogP contribution in [0.25, 0.3) is 0 Å². The molecule has 0 aliphatic rings. The molecule has 0 spiro atoms. The Bertz CT molecular complexity index is 128. The minimum absolute atomic E-state index is 0.0497. The Morgan fingerprint density at radius 1 is 1.58 bits per heavy atom. The van der Waals surface area contributed by atoms with Gasteiger partial charge in [-0.25, -0.2) is 0 Å². The minimum Gasteiger partial charge on any atom is -0.362 e. The van der Waals surface area contributed by atoms with Crippen molar-refractivity contribution in [1.29, 1.82) is 0 Å². The zero-order valence-electron chi connectivity index (χ0n) is 8.02. The molecule has 0 aromatic heterocycles. The van der Waals surface area contributed by atoms with Crippen molar-refractivity contribution in [2.24, 2.45) is 0 Å². The molecule has 0 rings (SSSR count). The number of amides is 1. The normalized spacial score (nSPS) is 12.6. The van der Waals surface area contributed by atoms with Gasteiger partial charge in [0.25, 0.3) is 0 Å². The van der Waals surface area contributed by atoms with Gasteiger partial charge in [0.2, 0.25) is 5.91 Å². The fourth-order valence-corrected chi connectivity index (χ4v) is 0.940. The quantitative estimate of drug-likeness (QED) is 0.443. The van der Waals surface area contributed by atoms with Crippen molar-refractivity contribution in [2.75, 3.05) is 20.7 Å². The Labute approximate surface area is 73.7 Å². The Morgan fingerprint density at radius 2 is 2.25 bits per heavy atom. The van der Waals surface area contributed by atoms with E-state index in [-0.39, 0.29) is 12.1 Å². The number of hydrogen-bond acceptors (Lipinski definition) is 3. The number of ether oxygens (including phenoxy) is 1. The molecule has 72 valence electrons. The monoisotopic (exact) mass is 174 g/mol. The number of carbonyl (C=O) groups excluding carboxylic acids is 1. The number of nitrogens with one attached hydrogen (secondary N) is 2. The van der Waals surface area contributed by atoms with Crippen molar-refractivity contribution >= 4 is 5.91 Å². The lowest BCUT2D eigenvalue weighted by atomic mass is 10.3. The van der Waals surface area contributed by atoms with Crippen molar-refractivity contribution in [2.45, 2.75) is 26.0 Å². The second-order valence-electron chi connectivity index (χ2n) is 2.67. The number of carbonyl (C=O) groups is 1. The zero-order chi connectivity index (χ0) is 9.40. The molecule has 1 amide bonds. The lowest BCUT2D eigenvalue weighted by molar-refractivity contribution is -0.122. The van der Waals surface area contributed by atoms with E-state index in [0.717, 1.165) is 19.4 Å². The molecule has 0 aromatic carbocycles. The average molecular weight is 174 g/mol. The molecule has 0 bridgehead atoms. The van der Waals surface area contributed by atoms with E-state index in [1.54, 1.807) is 7.11 Å². The Hall–Kier alpha value is -0.610. The highest BCUT2D eigenvalue weighted by molar-refractivity contribution is 5.72. The summed E-state index contributed by atoms with van der Waals surface area (Å²) in [7, 11) is 3.50. The Balaban J connectivity index is 3.46. The van der Waals surface area contributed by atoms with Crippen molar-refractivity contribution in [3.63, 3.8) is 0 Å². The van der Waals surface area contributed by atoms with E-state index >= 15 is 0 Å². The van der Waals surface area contributed by atoms with Crippen molar-refractivity contribution in [3.05, 3.63) is 0 Å². The van der Waals surface area contributed by atoms with Crippen LogP contribution in [0.5, 0.6) is 0 Å². The van der Waals surface area contributed by atoms with E-state index in [1.165, 1.54) is 6.92 Å². The van der Waals surface area contributed by atoms with Crippen molar-refractivity contribution < 1.29 is 9.53 Å². The van der Waals surface area contributed by atoms with Gasteiger partial charge in [-0.3, -0.25) is 4.79 Å². The molecule has 0 fully saturated rings. The number of methoxy groups -OCH3 is 1. The Morgan fingerprint density at radius 3 is 2.67 bits per heavy atom. The van der Waals surface area contributed by atoms with E-state index in [4.69, 9.17) is 4.74 Å². The van der Waals surface area contributed by atoms with Crippen LogP contribution in [-0.2, 0) is 9.53 Å². The van der Waals surface area contributed by atoms with E-state index in [0.29, 0.717) is 0 Å². The van der Waals surface area contributed by atoms with Gasteiger partial charge in [0.1, 0.15) is 6.23 Å². The molecule has 0 saturated carbocycles. The van der Waals surface area contributed by atoms with E-state index in [2.05, 4.69) is 10.6 Å². The standard InChI is InChI=1S/C8H18N2O2/c1-7(11)10-8(12-3)5-4-6-9-2/h8-9H,4-6H2,1-3H3,(H,10,11). The van der Waals surface area contributed by atoms with Crippen LogP contribution in [0.4, 0.5) is 0 Å². The van der Waals surface area contributed by atoms with Gasteiger partial charge in [0.15, 0.2) is 0 Å². The maximum Gasteiger partial charge on any atom is 0.218 e. The first-order chi connectivity index (χ1) is 5.70. The highest BCUT2D eigenvalue weighted by Gasteiger charge is 2.06. The predicted octanol–water partition coefficient (Wildman–Crippen LogP) is 0.0946. The van der Waals surface area contributed by atoms with Crippen LogP contribution in [0.1, 0.15) is 19.8 Å². The van der Waals surface area contributed by atoms with Gasteiger partial charge in [0.05, 0.1) is 0 Å². The molecule has 0 aliphatic carbocycles. The van der Waals surface area contributed by atoms with Crippen LogP contribution in [0, 0.1) is 0 Å². The minimum atomic E-state index is -0.143. The first kappa shape index (κ1) is 11.4. The molecular formula is C8H18N2O2. The number of rotatable bonds is 6. The van der Waals surface area contributed by atoms with E-state index in [9.17, 15) is 4.79 Å². The first-order valence-electron chi connectivity index (χ1n) is 4.15. The summed E-state index contributed by atoms with van der Waals surface area (Å²) in [5.74, 6) is -0.0497. The first-order valence-corrected chi connectivity index (χ1v) is 4.15. The summed E-state index contributed by atoms with van der Waals surface area (Å²) in [5.41, 5.74) is 0. The van der Waals surface area contributed by atoms with Crippen LogP contribution in [0.15, 0.2) is 0 Å². The molecule has 4 heteroatoms. The van der Waals surface area contributed by atoms with E-state index in [1.807, 2.05) is 7.05 Å². The third-order valence-electron chi connectivity index (χ3n) is 1.54. The summed E-state index contributed by atoms with van der Waals surface area (Å²) in [5, 5.41) is 5.73. The van der Waals surface area contributed by atoms with Gasteiger partial charge in [-0.1, -0.05) is 0 Å². The van der Waals surface area contributed by atoms with Gasteiger partial charge in [-0.2, -0.15) is 0 Å². The summed E-state index contributed by atoms with van der Waals surface area (Å²) in [6.45, 7) is 2.43. The van der Waals surface area contributed by atoms with Crippen LogP contribution in [0.3, 0.4) is 0 Å². The fraction of sp³-hybridized carbons (Fsp3) is 0.875. The molecule has 2 N–H and O–H groups in total. The highest BCUT2D eigenvalue weighted by atomic mass is 16.5. The zero-order valence-corrected chi connectivity index (χ0v) is 8.02. The van der Waals surface area contributed by atoms with Gasteiger partial charge < -0.3 is 15.4 Å². The Kier molecular flexibility index (Phi) is 6.70. The third kappa shape index (κ3) is 6.12. The molecular weight excluding hydrogens is 156 g/mol. The molecule has 4 nitrogen and oxygen atoms in total. The second kappa shape index (κ2) is 7.06. The summed E-state index contributed by atoms with van der Waals surface area (Å²) in [4.78, 5) is 10.6. The van der Waals surface area contributed by atoms with Gasteiger partial charge in [-0.05, 0) is 26.4 Å². The van der Waals surface area contributed by atoms with Gasteiger partial charge in [0, 0.05) is 14.0 Å². The molecule has 1 unspecified atom stereocenters. The molecule has 0 saturated heterocycles. The summed E-state index contributed by atoms with van der Waals surface area (Å²) >= 11 is 0. The molecule has 1 atom stereocenters. The average Bonchev–Trinajstić information content (AvgIpc) is 2.02. The number of hydrogen-bond donors (Lipinski definition) is 2. The molecule has 0 radical (unpaired) electrons. The van der Waals surface area contributed by atoms with Crippen molar-refractivity contribution in [1.82, 2.24) is 10.6 Å². The van der Waals surface area contributed by atoms with Crippen molar-refractivity contribution in [3.8, 4) is 0 Å². The maximum absolute atomic E-state index is 10.6. The smallest absolute Gasteiger partial charge is 0.218 e. The molecule has 0 aromatic rings. The lowest BCUT2D eigenvalue weighted by Crippen LogP contribution is -2.34. The second-order valence-corrected chi connectivity index (χ2v) is 2.67. The lowest BCUT2D eigenvalue weighted by Gasteiger charge is -2.15. The van der Waals surface area contributed by atoms with Crippen LogP contribution < -0.4 is 10.6 Å². The third-order valence-corrected chi connectivity index (χ3v) is 1.54. The van der Waals surface area contributed by atoms with Crippen LogP contribution >= 0.6 is 0 Å².